The molecule has 1 N–H and O–H groups in total. The zero-order valence-electron chi connectivity index (χ0n) is 8.98. The Kier molecular flexibility index (Phi) is 2.76. The van der Waals surface area contributed by atoms with Crippen molar-refractivity contribution < 1.29 is 4.74 Å². The van der Waals surface area contributed by atoms with E-state index < -0.39 is 0 Å². The minimum Gasteiger partial charge on any atom is -0.492 e. The van der Waals surface area contributed by atoms with E-state index in [0.717, 1.165) is 35.7 Å². The lowest BCUT2D eigenvalue weighted by atomic mass is 10.1. The summed E-state index contributed by atoms with van der Waals surface area (Å²) < 4.78 is 7.05. The Morgan fingerprint density at radius 2 is 2.50 bits per heavy atom. The maximum atomic E-state index is 5.89. The van der Waals surface area contributed by atoms with Gasteiger partial charge < -0.3 is 10.1 Å². The van der Waals surface area contributed by atoms with Crippen molar-refractivity contribution in [1.29, 1.82) is 0 Å². The first-order valence-electron chi connectivity index (χ1n) is 5.59. The first kappa shape index (κ1) is 10.1. The van der Waals surface area contributed by atoms with Crippen molar-refractivity contribution in [3.63, 3.8) is 0 Å². The van der Waals surface area contributed by atoms with Crippen molar-refractivity contribution in [2.75, 3.05) is 19.7 Å². The van der Waals surface area contributed by atoms with E-state index in [1.807, 2.05) is 23.7 Å². The first-order chi connectivity index (χ1) is 7.93. The monoisotopic (exact) mass is 234 g/mol. The Morgan fingerprint density at radius 3 is 3.38 bits per heavy atom. The van der Waals surface area contributed by atoms with Crippen LogP contribution in [-0.2, 0) is 0 Å². The summed E-state index contributed by atoms with van der Waals surface area (Å²) in [6.07, 6.45) is 1.22. The van der Waals surface area contributed by atoms with Crippen LogP contribution >= 0.6 is 11.3 Å². The van der Waals surface area contributed by atoms with Crippen LogP contribution in [0.5, 0.6) is 5.75 Å². The van der Waals surface area contributed by atoms with Gasteiger partial charge in [0, 0.05) is 12.5 Å². The molecule has 1 atom stereocenters. The van der Waals surface area contributed by atoms with Crippen LogP contribution in [0.1, 0.15) is 6.42 Å². The molecule has 1 unspecified atom stereocenters. The van der Waals surface area contributed by atoms with E-state index in [0.29, 0.717) is 5.92 Å². The molecular weight excluding hydrogens is 220 g/mol. The van der Waals surface area contributed by atoms with E-state index >= 15 is 0 Å². The highest BCUT2D eigenvalue weighted by molar-refractivity contribution is 7.17. The molecule has 0 saturated carbocycles. The average Bonchev–Trinajstić information content (AvgIpc) is 2.97. The summed E-state index contributed by atoms with van der Waals surface area (Å²) >= 11 is 1.64. The first-order valence-corrected chi connectivity index (χ1v) is 6.47. The molecule has 1 fully saturated rings. The van der Waals surface area contributed by atoms with Crippen molar-refractivity contribution >= 4 is 21.6 Å². The summed E-state index contributed by atoms with van der Waals surface area (Å²) in [6, 6.07) is 6.06. The highest BCUT2D eigenvalue weighted by Crippen LogP contribution is 2.29. The lowest BCUT2D eigenvalue weighted by molar-refractivity contribution is 0.263. The van der Waals surface area contributed by atoms with Crippen LogP contribution in [0, 0.1) is 5.92 Å². The van der Waals surface area contributed by atoms with Gasteiger partial charge in [-0.1, -0.05) is 6.07 Å². The molecule has 2 aromatic rings. The van der Waals surface area contributed by atoms with Gasteiger partial charge in [-0.2, -0.15) is 0 Å². The summed E-state index contributed by atoms with van der Waals surface area (Å²) in [4.78, 5) is 4.29. The molecule has 0 bridgehead atoms. The fourth-order valence-electron chi connectivity index (χ4n) is 2.04. The molecular formula is C12H14N2OS. The number of nitrogens with zero attached hydrogens (tertiary/aromatic N) is 1. The standard InChI is InChI=1S/C12H14N2OS/c1-2-10-12(16-8-14-10)11(3-1)15-7-9-4-5-13-6-9/h1-3,8-9,13H,4-7H2. The maximum absolute atomic E-state index is 5.89. The third-order valence-electron chi connectivity index (χ3n) is 2.96. The van der Waals surface area contributed by atoms with Crippen LogP contribution in [0.3, 0.4) is 0 Å². The molecule has 2 heterocycles. The Balaban J connectivity index is 1.75. The molecule has 0 spiro atoms. The van der Waals surface area contributed by atoms with E-state index in [-0.39, 0.29) is 0 Å². The van der Waals surface area contributed by atoms with Crippen LogP contribution in [0.25, 0.3) is 10.2 Å². The fourth-order valence-corrected chi connectivity index (χ4v) is 2.79. The Hall–Kier alpha value is -1.13. The molecule has 0 aliphatic carbocycles. The Bertz CT molecular complexity index is 477. The predicted molar refractivity (Wildman–Crippen MR) is 66.1 cm³/mol. The third-order valence-corrected chi connectivity index (χ3v) is 3.81. The minimum atomic E-state index is 0.656. The zero-order valence-corrected chi connectivity index (χ0v) is 9.80. The van der Waals surface area contributed by atoms with Crippen LogP contribution in [0.2, 0.25) is 0 Å². The molecule has 1 saturated heterocycles. The number of nitrogens with one attached hydrogen (secondary N) is 1. The van der Waals surface area contributed by atoms with Gasteiger partial charge in [0.25, 0.3) is 0 Å². The fraction of sp³-hybridized carbons (Fsp3) is 0.417. The van der Waals surface area contributed by atoms with Crippen LogP contribution in [0.15, 0.2) is 23.7 Å². The number of benzene rings is 1. The van der Waals surface area contributed by atoms with Crippen LogP contribution < -0.4 is 10.1 Å². The topological polar surface area (TPSA) is 34.1 Å². The molecule has 0 radical (unpaired) electrons. The summed E-state index contributed by atoms with van der Waals surface area (Å²) in [5, 5.41) is 3.35. The van der Waals surface area contributed by atoms with Gasteiger partial charge >= 0.3 is 0 Å². The van der Waals surface area contributed by atoms with Crippen molar-refractivity contribution in [1.82, 2.24) is 10.3 Å². The highest BCUT2D eigenvalue weighted by Gasteiger charge is 2.15. The summed E-state index contributed by atoms with van der Waals surface area (Å²) in [6.45, 7) is 3.02. The van der Waals surface area contributed by atoms with Crippen LogP contribution in [-0.4, -0.2) is 24.7 Å². The summed E-state index contributed by atoms with van der Waals surface area (Å²) in [5.74, 6) is 1.63. The molecule has 4 heteroatoms. The molecule has 1 aliphatic rings. The third kappa shape index (κ3) is 1.90. The largest absolute Gasteiger partial charge is 0.492 e. The number of fused-ring (bicyclic) bond motifs is 1. The molecule has 16 heavy (non-hydrogen) atoms. The number of thiazole rings is 1. The van der Waals surface area contributed by atoms with Gasteiger partial charge in [-0.25, -0.2) is 4.98 Å². The predicted octanol–water partition coefficient (Wildman–Crippen LogP) is 2.28. The van der Waals surface area contributed by atoms with Crippen molar-refractivity contribution in [3.8, 4) is 5.75 Å². The van der Waals surface area contributed by atoms with Gasteiger partial charge in [0.15, 0.2) is 0 Å². The molecule has 3 nitrogen and oxygen atoms in total. The maximum Gasteiger partial charge on any atom is 0.138 e. The van der Waals surface area contributed by atoms with Crippen LogP contribution in [0.4, 0.5) is 0 Å². The lowest BCUT2D eigenvalue weighted by Crippen LogP contribution is -2.15. The molecule has 1 aromatic heterocycles. The molecule has 3 rings (SSSR count). The highest BCUT2D eigenvalue weighted by atomic mass is 32.1. The number of hydrogen-bond donors (Lipinski definition) is 1. The Labute approximate surface area is 98.5 Å². The van der Waals surface area contributed by atoms with Gasteiger partial charge in [0.1, 0.15) is 5.75 Å². The van der Waals surface area contributed by atoms with E-state index in [2.05, 4.69) is 10.3 Å². The lowest BCUT2D eigenvalue weighted by Gasteiger charge is -2.11. The zero-order chi connectivity index (χ0) is 10.8. The quantitative estimate of drug-likeness (QED) is 0.884. The molecule has 1 aromatic carbocycles. The SMILES string of the molecule is c1cc(OCC2CCNC2)c2scnc2c1. The molecule has 1 aliphatic heterocycles. The second-order valence-corrected chi connectivity index (χ2v) is 4.98. The van der Waals surface area contributed by atoms with E-state index in [4.69, 9.17) is 4.74 Å². The minimum absolute atomic E-state index is 0.656. The van der Waals surface area contributed by atoms with Crippen molar-refractivity contribution in [2.45, 2.75) is 6.42 Å². The summed E-state index contributed by atoms with van der Waals surface area (Å²) in [5.41, 5.74) is 2.90. The summed E-state index contributed by atoms with van der Waals surface area (Å²) in [7, 11) is 0. The van der Waals surface area contributed by atoms with Gasteiger partial charge in [0.05, 0.1) is 22.3 Å². The second kappa shape index (κ2) is 4.39. The smallest absolute Gasteiger partial charge is 0.138 e. The number of aromatic nitrogens is 1. The van der Waals surface area contributed by atoms with E-state index in [9.17, 15) is 0 Å². The second-order valence-electron chi connectivity index (χ2n) is 4.13. The van der Waals surface area contributed by atoms with Crippen molar-refractivity contribution in [3.05, 3.63) is 23.7 Å². The van der Waals surface area contributed by atoms with Crippen molar-refractivity contribution in [2.24, 2.45) is 5.92 Å². The van der Waals surface area contributed by atoms with E-state index in [1.165, 1.54) is 6.42 Å². The van der Waals surface area contributed by atoms with Gasteiger partial charge in [-0.15, -0.1) is 11.3 Å². The number of hydrogen-bond acceptors (Lipinski definition) is 4. The Morgan fingerprint density at radius 1 is 1.50 bits per heavy atom. The number of rotatable bonds is 3. The average molecular weight is 234 g/mol. The normalized spacial score (nSPS) is 20.4. The molecule has 0 amide bonds. The van der Waals surface area contributed by atoms with Gasteiger partial charge in [-0.05, 0) is 25.1 Å². The van der Waals surface area contributed by atoms with E-state index in [1.54, 1.807) is 11.3 Å². The molecule has 84 valence electrons. The van der Waals surface area contributed by atoms with Gasteiger partial charge in [-0.3, -0.25) is 0 Å². The number of ether oxygens (including phenoxy) is 1. The van der Waals surface area contributed by atoms with Gasteiger partial charge in [0.2, 0.25) is 0 Å².